The lowest BCUT2D eigenvalue weighted by molar-refractivity contribution is 0.589. The van der Waals surface area contributed by atoms with Gasteiger partial charge in [0.05, 0.1) is 5.69 Å². The first-order chi connectivity index (χ1) is 17.6. The lowest BCUT2D eigenvalue weighted by atomic mass is 9.93. The van der Waals surface area contributed by atoms with Crippen LogP contribution in [0.1, 0.15) is 48.4 Å². The summed E-state index contributed by atoms with van der Waals surface area (Å²) in [4.78, 5) is 13.5. The molecule has 6 nitrogen and oxygen atoms in total. The Morgan fingerprint density at radius 2 is 1.81 bits per heavy atom. The van der Waals surface area contributed by atoms with Gasteiger partial charge in [-0.25, -0.2) is 9.50 Å². The minimum atomic E-state index is 0.411. The van der Waals surface area contributed by atoms with Crippen LogP contribution in [0.2, 0.25) is 0 Å². The molecule has 0 bridgehead atoms. The third-order valence-corrected chi connectivity index (χ3v) is 9.28. The molecule has 7 heteroatoms. The lowest BCUT2D eigenvalue weighted by Crippen LogP contribution is -2.43. The summed E-state index contributed by atoms with van der Waals surface area (Å²) in [6.07, 6.45) is 7.26. The van der Waals surface area contributed by atoms with Crippen LogP contribution in [0.25, 0.3) is 37.6 Å². The van der Waals surface area contributed by atoms with E-state index in [1.54, 1.807) is 6.33 Å². The Kier molecular flexibility index (Phi) is 5.18. The average molecular weight is 497 g/mol. The molecule has 0 spiro atoms. The summed E-state index contributed by atoms with van der Waals surface area (Å²) in [5.41, 5.74) is 11.9. The molecule has 1 aliphatic heterocycles. The fraction of sp³-hybridized carbons (Fsp3) is 0.379. The Hall–Kier alpha value is -3.16. The molecule has 36 heavy (non-hydrogen) atoms. The molecule has 5 heterocycles. The molecule has 0 unspecified atom stereocenters. The summed E-state index contributed by atoms with van der Waals surface area (Å²) in [5, 5.41) is 9.34. The highest BCUT2D eigenvalue weighted by molar-refractivity contribution is 7.22. The SMILES string of the molecule is Cc1c(-c2ccc(N3CCNCC3)cc2)sc2[nH]c(-c3cn4ncnc4c4c3CCC4)c(C(C)C)c12. The Bertz CT molecular complexity index is 1580. The van der Waals surface area contributed by atoms with Gasteiger partial charge in [-0.05, 0) is 66.5 Å². The first-order valence-electron chi connectivity index (χ1n) is 13.2. The first kappa shape index (κ1) is 22.1. The number of hydrogen-bond acceptors (Lipinski definition) is 5. The Labute approximate surface area is 215 Å². The molecule has 5 aromatic rings. The van der Waals surface area contributed by atoms with Gasteiger partial charge in [0.25, 0.3) is 0 Å². The maximum absolute atomic E-state index is 4.55. The van der Waals surface area contributed by atoms with Crippen molar-refractivity contribution in [1.29, 1.82) is 0 Å². The Morgan fingerprint density at radius 3 is 2.58 bits per heavy atom. The van der Waals surface area contributed by atoms with Crippen LogP contribution < -0.4 is 10.2 Å². The summed E-state index contributed by atoms with van der Waals surface area (Å²) in [6, 6.07) is 9.19. The van der Waals surface area contributed by atoms with Gasteiger partial charge in [-0.15, -0.1) is 11.3 Å². The molecule has 184 valence electrons. The molecule has 1 saturated heterocycles. The number of fused-ring (bicyclic) bond motifs is 4. The number of piperazine rings is 1. The van der Waals surface area contributed by atoms with Crippen molar-refractivity contribution in [1.82, 2.24) is 24.9 Å². The normalized spacial score (nSPS) is 16.1. The number of H-pyrrole nitrogens is 1. The van der Waals surface area contributed by atoms with E-state index in [1.807, 2.05) is 15.9 Å². The second kappa shape index (κ2) is 8.46. The molecular weight excluding hydrogens is 464 g/mol. The standard InChI is InChI=1S/C29H32N6S/c1-17(2)24-25-18(3)27(19-7-9-20(10-8-19)34-13-11-30-12-14-34)36-29(25)33-26(24)23-15-35-28(31-16-32-35)22-6-4-5-21(22)23/h7-10,15-17,30,33H,4-6,11-14H2,1-3H3. The number of pyridine rings is 1. The van der Waals surface area contributed by atoms with Crippen molar-refractivity contribution >= 4 is 32.9 Å². The fourth-order valence-electron chi connectivity index (χ4n) is 6.31. The zero-order chi connectivity index (χ0) is 24.4. The smallest absolute Gasteiger partial charge is 0.158 e. The van der Waals surface area contributed by atoms with Crippen LogP contribution in [-0.2, 0) is 12.8 Å². The van der Waals surface area contributed by atoms with Crippen molar-refractivity contribution in [2.75, 3.05) is 31.1 Å². The number of aromatic amines is 1. The third-order valence-electron chi connectivity index (χ3n) is 8.02. The molecule has 0 saturated carbocycles. The van der Waals surface area contributed by atoms with Crippen molar-refractivity contribution in [3.63, 3.8) is 0 Å². The van der Waals surface area contributed by atoms with Gasteiger partial charge in [-0.1, -0.05) is 26.0 Å². The second-order valence-corrected chi connectivity index (χ2v) is 11.5. The van der Waals surface area contributed by atoms with Gasteiger partial charge in [0, 0.05) is 59.5 Å². The quantitative estimate of drug-likeness (QED) is 0.323. The van der Waals surface area contributed by atoms with Gasteiger partial charge in [0.15, 0.2) is 5.65 Å². The van der Waals surface area contributed by atoms with Gasteiger partial charge in [0.2, 0.25) is 0 Å². The highest BCUT2D eigenvalue weighted by atomic mass is 32.1. The van der Waals surface area contributed by atoms with Crippen molar-refractivity contribution in [3.05, 3.63) is 59.0 Å². The maximum atomic E-state index is 4.55. The number of thiophene rings is 1. The van der Waals surface area contributed by atoms with E-state index < -0.39 is 0 Å². The number of rotatable bonds is 4. The first-order valence-corrected chi connectivity index (χ1v) is 14.0. The van der Waals surface area contributed by atoms with Gasteiger partial charge in [0.1, 0.15) is 11.2 Å². The van der Waals surface area contributed by atoms with E-state index in [2.05, 4.69) is 76.5 Å². The highest BCUT2D eigenvalue weighted by Gasteiger charge is 2.27. The molecule has 0 amide bonds. The van der Waals surface area contributed by atoms with Crippen LogP contribution >= 0.6 is 11.3 Å². The summed E-state index contributed by atoms with van der Waals surface area (Å²) >= 11 is 1.89. The van der Waals surface area contributed by atoms with E-state index >= 15 is 0 Å². The van der Waals surface area contributed by atoms with Crippen molar-refractivity contribution in [3.8, 4) is 21.7 Å². The molecule has 7 rings (SSSR count). The molecule has 4 aromatic heterocycles. The van der Waals surface area contributed by atoms with Gasteiger partial charge in [-0.2, -0.15) is 5.10 Å². The van der Waals surface area contributed by atoms with E-state index in [4.69, 9.17) is 0 Å². The average Bonchev–Trinajstić information content (AvgIpc) is 3.68. The monoisotopic (exact) mass is 496 g/mol. The molecule has 2 aliphatic rings. The molecule has 1 fully saturated rings. The summed E-state index contributed by atoms with van der Waals surface area (Å²) < 4.78 is 1.97. The van der Waals surface area contributed by atoms with Crippen LogP contribution in [0.3, 0.4) is 0 Å². The van der Waals surface area contributed by atoms with E-state index in [0.29, 0.717) is 5.92 Å². The van der Waals surface area contributed by atoms with Crippen LogP contribution in [0.5, 0.6) is 0 Å². The number of aryl methyl sites for hydroxylation is 2. The summed E-state index contributed by atoms with van der Waals surface area (Å²) in [5.74, 6) is 0.411. The zero-order valence-corrected chi connectivity index (χ0v) is 22.0. The van der Waals surface area contributed by atoms with Crippen molar-refractivity contribution in [2.24, 2.45) is 0 Å². The molecular formula is C29H32N6S. The number of hydrogen-bond donors (Lipinski definition) is 2. The number of anilines is 1. The topological polar surface area (TPSA) is 61.2 Å². The summed E-state index contributed by atoms with van der Waals surface area (Å²) in [7, 11) is 0. The molecule has 1 aliphatic carbocycles. The van der Waals surface area contributed by atoms with Gasteiger partial charge < -0.3 is 15.2 Å². The number of benzene rings is 1. The van der Waals surface area contributed by atoms with E-state index in [0.717, 1.165) is 44.7 Å². The molecule has 0 atom stereocenters. The maximum Gasteiger partial charge on any atom is 0.158 e. The zero-order valence-electron chi connectivity index (χ0n) is 21.2. The Balaban J connectivity index is 1.34. The highest BCUT2D eigenvalue weighted by Crippen LogP contribution is 2.47. The van der Waals surface area contributed by atoms with Crippen LogP contribution in [0.15, 0.2) is 36.8 Å². The minimum absolute atomic E-state index is 0.411. The largest absolute Gasteiger partial charge is 0.369 e. The van der Waals surface area contributed by atoms with E-state index in [-0.39, 0.29) is 0 Å². The van der Waals surface area contributed by atoms with Gasteiger partial charge >= 0.3 is 0 Å². The molecule has 1 aromatic carbocycles. The number of nitrogens with one attached hydrogen (secondary N) is 2. The van der Waals surface area contributed by atoms with E-state index in [1.165, 1.54) is 66.3 Å². The van der Waals surface area contributed by atoms with Crippen LogP contribution in [0.4, 0.5) is 5.69 Å². The summed E-state index contributed by atoms with van der Waals surface area (Å²) in [6.45, 7) is 11.2. The second-order valence-electron chi connectivity index (χ2n) is 10.5. The third kappa shape index (κ3) is 3.33. The van der Waals surface area contributed by atoms with Gasteiger partial charge in [-0.3, -0.25) is 0 Å². The lowest BCUT2D eigenvalue weighted by Gasteiger charge is -2.29. The van der Waals surface area contributed by atoms with Crippen molar-refractivity contribution < 1.29 is 0 Å². The minimum Gasteiger partial charge on any atom is -0.369 e. The Morgan fingerprint density at radius 1 is 1.03 bits per heavy atom. The van der Waals surface area contributed by atoms with Crippen LogP contribution in [0, 0.1) is 6.92 Å². The number of aromatic nitrogens is 4. The van der Waals surface area contributed by atoms with Crippen molar-refractivity contribution in [2.45, 2.75) is 46.0 Å². The van der Waals surface area contributed by atoms with Crippen LogP contribution in [-0.4, -0.2) is 45.8 Å². The van der Waals surface area contributed by atoms with E-state index in [9.17, 15) is 0 Å². The predicted molar refractivity (Wildman–Crippen MR) is 150 cm³/mol. The molecule has 0 radical (unpaired) electrons. The molecule has 2 N–H and O–H groups in total. The number of nitrogens with zero attached hydrogens (tertiary/aromatic N) is 4. The fourth-order valence-corrected chi connectivity index (χ4v) is 7.54. The predicted octanol–water partition coefficient (Wildman–Crippen LogP) is 5.94.